The van der Waals surface area contributed by atoms with E-state index in [2.05, 4.69) is 16.0 Å². The average molecular weight is 332 g/mol. The highest BCUT2D eigenvalue weighted by molar-refractivity contribution is 6.33. The molecule has 2 rings (SSSR count). The van der Waals surface area contributed by atoms with Crippen molar-refractivity contribution in [2.75, 3.05) is 23.7 Å². The maximum Gasteiger partial charge on any atom is 0.251 e. The first-order valence-corrected chi connectivity index (χ1v) is 7.64. The van der Waals surface area contributed by atoms with Crippen LogP contribution in [-0.4, -0.2) is 24.9 Å². The lowest BCUT2D eigenvalue weighted by molar-refractivity contribution is -0.114. The predicted octanol–water partition coefficient (Wildman–Crippen LogP) is 3.14. The van der Waals surface area contributed by atoms with Gasteiger partial charge in [0.15, 0.2) is 0 Å². The summed E-state index contributed by atoms with van der Waals surface area (Å²) in [6.45, 7) is 2.55. The molecule has 120 valence electrons. The molecule has 0 bridgehead atoms. The SMILES string of the molecule is CCNC(=O)c1ccc(NCC(=O)Nc2ccccc2Cl)cc1. The first-order chi connectivity index (χ1) is 11.1. The number of anilines is 2. The minimum Gasteiger partial charge on any atom is -0.376 e. The molecular formula is C17H18ClN3O2. The summed E-state index contributed by atoms with van der Waals surface area (Å²) >= 11 is 5.99. The molecule has 0 aromatic heterocycles. The molecule has 0 saturated carbocycles. The topological polar surface area (TPSA) is 70.2 Å². The van der Waals surface area contributed by atoms with Gasteiger partial charge in [-0.1, -0.05) is 23.7 Å². The Morgan fingerprint density at radius 3 is 2.39 bits per heavy atom. The smallest absolute Gasteiger partial charge is 0.251 e. The number of para-hydroxylation sites is 1. The van der Waals surface area contributed by atoms with E-state index in [0.29, 0.717) is 22.8 Å². The average Bonchev–Trinajstić information content (AvgIpc) is 2.56. The number of hydrogen-bond acceptors (Lipinski definition) is 3. The standard InChI is InChI=1S/C17H18ClN3O2/c1-2-19-17(23)12-7-9-13(10-8-12)20-11-16(22)21-15-6-4-3-5-14(15)18/h3-10,20H,2,11H2,1H3,(H,19,23)(H,21,22). The summed E-state index contributed by atoms with van der Waals surface area (Å²) in [6, 6.07) is 14.0. The molecule has 0 aliphatic heterocycles. The van der Waals surface area contributed by atoms with E-state index in [9.17, 15) is 9.59 Å². The maximum absolute atomic E-state index is 11.9. The second-order valence-corrected chi connectivity index (χ2v) is 5.23. The Morgan fingerprint density at radius 2 is 1.74 bits per heavy atom. The van der Waals surface area contributed by atoms with E-state index in [1.54, 1.807) is 48.5 Å². The molecule has 0 atom stereocenters. The van der Waals surface area contributed by atoms with Crippen LogP contribution in [0.15, 0.2) is 48.5 Å². The quantitative estimate of drug-likeness (QED) is 0.761. The normalized spacial score (nSPS) is 10.0. The first-order valence-electron chi connectivity index (χ1n) is 7.26. The fourth-order valence-electron chi connectivity index (χ4n) is 1.94. The van der Waals surface area contributed by atoms with Crippen LogP contribution in [-0.2, 0) is 4.79 Å². The van der Waals surface area contributed by atoms with Gasteiger partial charge >= 0.3 is 0 Å². The minimum absolute atomic E-state index is 0.103. The van der Waals surface area contributed by atoms with Gasteiger partial charge in [-0.25, -0.2) is 0 Å². The van der Waals surface area contributed by atoms with Crippen LogP contribution < -0.4 is 16.0 Å². The van der Waals surface area contributed by atoms with Crippen molar-refractivity contribution in [3.63, 3.8) is 0 Å². The van der Waals surface area contributed by atoms with Gasteiger partial charge in [-0.3, -0.25) is 9.59 Å². The molecule has 2 aromatic rings. The number of benzene rings is 2. The molecule has 5 nitrogen and oxygen atoms in total. The van der Waals surface area contributed by atoms with Crippen molar-refractivity contribution in [3.05, 3.63) is 59.1 Å². The molecule has 0 aliphatic carbocycles. The van der Waals surface area contributed by atoms with E-state index in [0.717, 1.165) is 5.69 Å². The summed E-state index contributed by atoms with van der Waals surface area (Å²) in [5.41, 5.74) is 1.91. The van der Waals surface area contributed by atoms with Crippen molar-refractivity contribution < 1.29 is 9.59 Å². The highest BCUT2D eigenvalue weighted by Gasteiger charge is 2.06. The van der Waals surface area contributed by atoms with Gasteiger partial charge in [0.05, 0.1) is 17.3 Å². The Hall–Kier alpha value is -2.53. The zero-order chi connectivity index (χ0) is 16.7. The second-order valence-electron chi connectivity index (χ2n) is 4.82. The van der Waals surface area contributed by atoms with Crippen molar-refractivity contribution >= 4 is 34.8 Å². The Morgan fingerprint density at radius 1 is 1.04 bits per heavy atom. The Kier molecular flexibility index (Phi) is 6.00. The van der Waals surface area contributed by atoms with Gasteiger partial charge < -0.3 is 16.0 Å². The summed E-state index contributed by atoms with van der Waals surface area (Å²) in [5, 5.41) is 8.95. The van der Waals surface area contributed by atoms with Crippen LogP contribution in [0.5, 0.6) is 0 Å². The molecule has 2 aromatic carbocycles. The van der Waals surface area contributed by atoms with Crippen LogP contribution in [0.3, 0.4) is 0 Å². The van der Waals surface area contributed by atoms with Gasteiger partial charge in [-0.15, -0.1) is 0 Å². The lowest BCUT2D eigenvalue weighted by atomic mass is 10.2. The monoisotopic (exact) mass is 331 g/mol. The van der Waals surface area contributed by atoms with Crippen LogP contribution in [0.1, 0.15) is 17.3 Å². The second kappa shape index (κ2) is 8.19. The molecule has 0 fully saturated rings. The van der Waals surface area contributed by atoms with Crippen LogP contribution in [0.4, 0.5) is 11.4 Å². The van der Waals surface area contributed by atoms with Crippen molar-refractivity contribution in [3.8, 4) is 0 Å². The molecule has 0 aliphatic rings. The molecule has 0 heterocycles. The highest BCUT2D eigenvalue weighted by Crippen LogP contribution is 2.20. The van der Waals surface area contributed by atoms with Crippen LogP contribution in [0, 0.1) is 0 Å². The maximum atomic E-state index is 11.9. The molecule has 23 heavy (non-hydrogen) atoms. The number of carbonyl (C=O) groups is 2. The van der Waals surface area contributed by atoms with Crippen LogP contribution in [0.25, 0.3) is 0 Å². The molecule has 0 saturated heterocycles. The number of halogens is 1. The highest BCUT2D eigenvalue weighted by atomic mass is 35.5. The van der Waals surface area contributed by atoms with Crippen molar-refractivity contribution in [2.24, 2.45) is 0 Å². The molecule has 0 radical (unpaired) electrons. The largest absolute Gasteiger partial charge is 0.376 e. The fraction of sp³-hybridized carbons (Fsp3) is 0.176. The zero-order valence-corrected chi connectivity index (χ0v) is 13.5. The Labute approximate surface area is 140 Å². The molecule has 0 spiro atoms. The number of hydrogen-bond donors (Lipinski definition) is 3. The number of rotatable bonds is 6. The summed E-state index contributed by atoms with van der Waals surface area (Å²) in [6.07, 6.45) is 0. The molecular weight excluding hydrogens is 314 g/mol. The molecule has 2 amide bonds. The van der Waals surface area contributed by atoms with Crippen molar-refractivity contribution in [2.45, 2.75) is 6.92 Å². The zero-order valence-electron chi connectivity index (χ0n) is 12.7. The van der Waals surface area contributed by atoms with E-state index in [4.69, 9.17) is 11.6 Å². The predicted molar refractivity (Wildman–Crippen MR) is 93.0 cm³/mol. The van der Waals surface area contributed by atoms with E-state index < -0.39 is 0 Å². The van der Waals surface area contributed by atoms with Crippen molar-refractivity contribution in [1.82, 2.24) is 5.32 Å². The lowest BCUT2D eigenvalue weighted by Gasteiger charge is -2.09. The van der Waals surface area contributed by atoms with Gasteiger partial charge in [0.2, 0.25) is 5.91 Å². The van der Waals surface area contributed by atoms with E-state index in [1.165, 1.54) is 0 Å². The fourth-order valence-corrected chi connectivity index (χ4v) is 2.12. The van der Waals surface area contributed by atoms with Crippen LogP contribution >= 0.6 is 11.6 Å². The molecule has 3 N–H and O–H groups in total. The summed E-state index contributed by atoms with van der Waals surface area (Å²) in [5.74, 6) is -0.318. The molecule has 0 unspecified atom stereocenters. The van der Waals surface area contributed by atoms with Crippen molar-refractivity contribution in [1.29, 1.82) is 0 Å². The third-order valence-corrected chi connectivity index (χ3v) is 3.42. The number of carbonyl (C=O) groups excluding carboxylic acids is 2. The lowest BCUT2D eigenvalue weighted by Crippen LogP contribution is -2.23. The van der Waals surface area contributed by atoms with Gasteiger partial charge in [-0.05, 0) is 43.3 Å². The first kappa shape index (κ1) is 16.8. The summed E-state index contributed by atoms with van der Waals surface area (Å²) in [4.78, 5) is 23.6. The Bertz CT molecular complexity index is 686. The van der Waals surface area contributed by atoms with Gasteiger partial charge in [0, 0.05) is 17.8 Å². The van der Waals surface area contributed by atoms with Crippen LogP contribution in [0.2, 0.25) is 5.02 Å². The number of amides is 2. The van der Waals surface area contributed by atoms with E-state index >= 15 is 0 Å². The third kappa shape index (κ3) is 5.00. The van der Waals surface area contributed by atoms with E-state index in [-0.39, 0.29) is 18.4 Å². The summed E-state index contributed by atoms with van der Waals surface area (Å²) in [7, 11) is 0. The number of nitrogens with one attached hydrogen (secondary N) is 3. The molecule has 6 heteroatoms. The van der Waals surface area contributed by atoms with Gasteiger partial charge in [-0.2, -0.15) is 0 Å². The Balaban J connectivity index is 1.87. The third-order valence-electron chi connectivity index (χ3n) is 3.09. The minimum atomic E-state index is -0.203. The summed E-state index contributed by atoms with van der Waals surface area (Å²) < 4.78 is 0. The van der Waals surface area contributed by atoms with Gasteiger partial charge in [0.1, 0.15) is 0 Å². The van der Waals surface area contributed by atoms with E-state index in [1.807, 2.05) is 6.92 Å². The van der Waals surface area contributed by atoms with Gasteiger partial charge in [0.25, 0.3) is 5.91 Å².